The van der Waals surface area contributed by atoms with Crippen LogP contribution in [0, 0.1) is 5.92 Å². The summed E-state index contributed by atoms with van der Waals surface area (Å²) in [4.78, 5) is 9.59. The fraction of sp³-hybridized carbons (Fsp3) is 0.542. The van der Waals surface area contributed by atoms with Crippen LogP contribution in [0.4, 0.5) is 26.3 Å². The molecule has 2 atom stereocenters. The largest absolute Gasteiger partial charge is 0.489 e. The van der Waals surface area contributed by atoms with Crippen LogP contribution in [0.25, 0.3) is 0 Å². The van der Waals surface area contributed by atoms with Crippen LogP contribution in [0.5, 0.6) is 17.4 Å². The summed E-state index contributed by atoms with van der Waals surface area (Å²) >= 11 is 0. The van der Waals surface area contributed by atoms with Crippen LogP contribution in [0.15, 0.2) is 36.5 Å². The summed E-state index contributed by atoms with van der Waals surface area (Å²) in [6.45, 7) is 0.356. The quantitative estimate of drug-likeness (QED) is 0.417. The van der Waals surface area contributed by atoms with Crippen LogP contribution < -0.4 is 14.3 Å². The van der Waals surface area contributed by atoms with E-state index in [9.17, 15) is 26.3 Å². The summed E-state index contributed by atoms with van der Waals surface area (Å²) in [5, 5.41) is 1.76. The van der Waals surface area contributed by atoms with E-state index in [1.807, 2.05) is 0 Å². The number of ether oxygens (including phenoxy) is 2. The maximum atomic E-state index is 13.2. The van der Waals surface area contributed by atoms with E-state index in [-0.39, 0.29) is 35.6 Å². The lowest BCUT2D eigenvalue weighted by Gasteiger charge is -2.37. The predicted molar refractivity (Wildman–Crippen MR) is 112 cm³/mol. The maximum absolute atomic E-state index is 13.2. The Morgan fingerprint density at radius 2 is 1.49 bits per heavy atom. The molecular weight excluding hydrogens is 478 g/mol. The van der Waals surface area contributed by atoms with Crippen LogP contribution in [0.2, 0.25) is 0 Å². The molecule has 2 saturated heterocycles. The first kappa shape index (κ1) is 24.0. The molecule has 1 aromatic carbocycles. The molecule has 190 valence electrons. The fourth-order valence-electron chi connectivity index (χ4n) is 4.61. The first-order valence-corrected chi connectivity index (χ1v) is 11.6. The number of benzene rings is 1. The van der Waals surface area contributed by atoms with Crippen molar-refractivity contribution in [3.63, 3.8) is 0 Å². The monoisotopic (exact) mass is 502 g/mol. The summed E-state index contributed by atoms with van der Waals surface area (Å²) in [6, 6.07) is 5.30. The molecule has 0 amide bonds. The van der Waals surface area contributed by atoms with E-state index in [2.05, 4.69) is 4.98 Å². The molecule has 0 radical (unpaired) electrons. The first-order valence-electron chi connectivity index (χ1n) is 11.6. The Hall–Kier alpha value is -2.69. The Morgan fingerprint density at radius 3 is 2.06 bits per heavy atom. The molecule has 2 aliphatic heterocycles. The molecule has 3 aliphatic rings. The molecule has 3 heterocycles. The number of fused-ring (bicyclic) bond motifs is 2. The molecule has 5 nitrogen and oxygen atoms in total. The minimum absolute atomic E-state index is 0.0480. The fourth-order valence-corrected chi connectivity index (χ4v) is 4.61. The Balaban J connectivity index is 1.25. The highest BCUT2D eigenvalue weighted by Crippen LogP contribution is 2.42. The summed E-state index contributed by atoms with van der Waals surface area (Å²) in [6.07, 6.45) is -3.74. The van der Waals surface area contributed by atoms with Gasteiger partial charge < -0.3 is 14.3 Å². The topological polar surface area (TPSA) is 43.8 Å². The number of hydrogen-bond donors (Lipinski definition) is 0. The lowest BCUT2D eigenvalue weighted by atomic mass is 10.0. The molecule has 0 spiro atoms. The average Bonchev–Trinajstić information content (AvgIpc) is 3.58. The van der Waals surface area contributed by atoms with E-state index in [4.69, 9.17) is 14.3 Å². The average molecular weight is 502 g/mol. The van der Waals surface area contributed by atoms with Crippen molar-refractivity contribution in [3.05, 3.63) is 47.7 Å². The van der Waals surface area contributed by atoms with E-state index in [1.165, 1.54) is 12.1 Å². The molecule has 1 saturated carbocycles. The van der Waals surface area contributed by atoms with Gasteiger partial charge >= 0.3 is 12.4 Å². The number of halogens is 6. The van der Waals surface area contributed by atoms with Gasteiger partial charge in [0.2, 0.25) is 5.88 Å². The summed E-state index contributed by atoms with van der Waals surface area (Å²) < 4.78 is 89.7. The smallest absolute Gasteiger partial charge is 0.417 e. The van der Waals surface area contributed by atoms with E-state index in [0.29, 0.717) is 25.4 Å². The third kappa shape index (κ3) is 5.60. The van der Waals surface area contributed by atoms with Gasteiger partial charge in [-0.25, -0.2) is 4.98 Å². The second-order valence-corrected chi connectivity index (χ2v) is 9.34. The van der Waals surface area contributed by atoms with E-state index < -0.39 is 23.5 Å². The highest BCUT2D eigenvalue weighted by atomic mass is 19.4. The molecule has 2 unspecified atom stereocenters. The second-order valence-electron chi connectivity index (χ2n) is 9.34. The summed E-state index contributed by atoms with van der Waals surface area (Å²) in [5.74, 6) is 0.814. The zero-order chi connectivity index (χ0) is 24.8. The maximum Gasteiger partial charge on any atom is 0.417 e. The highest BCUT2D eigenvalue weighted by molar-refractivity contribution is 5.44. The van der Waals surface area contributed by atoms with Gasteiger partial charge in [0.15, 0.2) is 11.5 Å². The van der Waals surface area contributed by atoms with Crippen molar-refractivity contribution in [1.82, 2.24) is 10.0 Å². The van der Waals surface area contributed by atoms with Gasteiger partial charge in [0.05, 0.1) is 17.7 Å². The van der Waals surface area contributed by atoms with Gasteiger partial charge in [-0.2, -0.15) is 26.3 Å². The van der Waals surface area contributed by atoms with E-state index in [0.717, 1.165) is 50.1 Å². The zero-order valence-corrected chi connectivity index (χ0v) is 18.6. The molecule has 1 aromatic heterocycles. The minimum Gasteiger partial charge on any atom is -0.489 e. The van der Waals surface area contributed by atoms with Gasteiger partial charge in [0.1, 0.15) is 6.10 Å². The number of alkyl halides is 6. The van der Waals surface area contributed by atoms with Crippen LogP contribution >= 0.6 is 0 Å². The van der Waals surface area contributed by atoms with Crippen molar-refractivity contribution >= 4 is 0 Å². The van der Waals surface area contributed by atoms with Gasteiger partial charge in [-0.1, -0.05) is 0 Å². The summed E-state index contributed by atoms with van der Waals surface area (Å²) in [5.41, 5.74) is -1.64. The number of hydroxylamine groups is 2. The third-order valence-corrected chi connectivity index (χ3v) is 6.62. The van der Waals surface area contributed by atoms with Gasteiger partial charge in [-0.3, -0.25) is 0 Å². The molecule has 11 heteroatoms. The van der Waals surface area contributed by atoms with Crippen LogP contribution in [-0.2, 0) is 12.4 Å². The standard InChI is InChI=1S/C24H24F6N2O3/c25-23(26,27)15-3-7-20(21(9-15)33-13-14-1-2-14)34-19-10-17-5-6-18(11-19)32(17)35-22-8-4-16(12-31-22)24(28,29)30/h3-4,7-9,12,14,17-19H,1-2,5-6,10-11,13H2. The Morgan fingerprint density at radius 1 is 0.829 bits per heavy atom. The molecule has 35 heavy (non-hydrogen) atoms. The first-order chi connectivity index (χ1) is 16.6. The minimum atomic E-state index is -4.48. The van der Waals surface area contributed by atoms with E-state index in [1.54, 1.807) is 5.06 Å². The van der Waals surface area contributed by atoms with Crippen LogP contribution in [0.1, 0.15) is 49.7 Å². The zero-order valence-electron chi connectivity index (χ0n) is 18.6. The molecule has 0 N–H and O–H groups in total. The molecular formula is C24H24F6N2O3. The SMILES string of the molecule is FC(F)(F)c1ccc(ON2C3CCC2CC(Oc2ccc(C(F)(F)F)cc2OCC2CC2)C3)nc1. The number of nitrogens with zero attached hydrogens (tertiary/aromatic N) is 2. The molecule has 1 aliphatic carbocycles. The number of aromatic nitrogens is 1. The van der Waals surface area contributed by atoms with Crippen molar-refractivity contribution in [2.24, 2.45) is 5.92 Å². The number of rotatable bonds is 7. The second kappa shape index (κ2) is 9.07. The number of piperidine rings is 1. The van der Waals surface area contributed by atoms with Gasteiger partial charge in [0.25, 0.3) is 0 Å². The highest BCUT2D eigenvalue weighted by Gasteiger charge is 2.44. The normalized spacial score (nSPS) is 24.9. The molecule has 3 fully saturated rings. The summed E-state index contributed by atoms with van der Waals surface area (Å²) in [7, 11) is 0. The lowest BCUT2D eigenvalue weighted by molar-refractivity contribution is -0.143. The lowest BCUT2D eigenvalue weighted by Crippen LogP contribution is -2.48. The van der Waals surface area contributed by atoms with Crippen molar-refractivity contribution in [1.29, 1.82) is 0 Å². The predicted octanol–water partition coefficient (Wildman–Crippen LogP) is 6.28. The Labute approximate surface area is 197 Å². The molecule has 2 aromatic rings. The Kier molecular flexibility index (Phi) is 6.23. The van der Waals surface area contributed by atoms with Crippen molar-refractivity contribution in [3.8, 4) is 17.4 Å². The van der Waals surface area contributed by atoms with Crippen LogP contribution in [-0.4, -0.2) is 34.8 Å². The van der Waals surface area contributed by atoms with Gasteiger partial charge in [0, 0.05) is 37.2 Å². The van der Waals surface area contributed by atoms with Gasteiger partial charge in [-0.05, 0) is 55.9 Å². The third-order valence-electron chi connectivity index (χ3n) is 6.62. The van der Waals surface area contributed by atoms with Crippen molar-refractivity contribution in [2.75, 3.05) is 6.61 Å². The Bertz CT molecular complexity index is 1030. The van der Waals surface area contributed by atoms with E-state index >= 15 is 0 Å². The van der Waals surface area contributed by atoms with Crippen molar-refractivity contribution in [2.45, 2.75) is 69.1 Å². The molecule has 5 rings (SSSR count). The molecule has 2 bridgehead atoms. The number of hydrogen-bond acceptors (Lipinski definition) is 5. The van der Waals surface area contributed by atoms with Crippen molar-refractivity contribution < 1.29 is 40.7 Å². The van der Waals surface area contributed by atoms with Crippen LogP contribution in [0.3, 0.4) is 0 Å². The number of pyridine rings is 1. The van der Waals surface area contributed by atoms with Gasteiger partial charge in [-0.15, -0.1) is 5.06 Å².